The van der Waals surface area contributed by atoms with Gasteiger partial charge in [0.15, 0.2) is 0 Å². The van der Waals surface area contributed by atoms with Crippen LogP contribution in [-0.4, -0.2) is 71.9 Å². The largest absolute Gasteiger partial charge is 0.462 e. The molecule has 0 saturated carbocycles. The van der Waals surface area contributed by atoms with E-state index in [1.807, 2.05) is 109 Å². The van der Waals surface area contributed by atoms with Crippen molar-refractivity contribution in [1.29, 1.82) is 0 Å². The fourth-order valence-electron chi connectivity index (χ4n) is 7.85. The van der Waals surface area contributed by atoms with Crippen molar-refractivity contribution in [2.24, 2.45) is 5.92 Å². The van der Waals surface area contributed by atoms with Crippen molar-refractivity contribution in [2.45, 2.75) is 62.6 Å². The third-order valence-electron chi connectivity index (χ3n) is 10.8. The molecule has 3 amide bonds. The number of hydrogen-bond donors (Lipinski definition) is 5. The molecule has 5 N–H and O–H groups in total. The highest BCUT2D eigenvalue weighted by atomic mass is 16.6. The Morgan fingerprint density at radius 1 is 0.877 bits per heavy atom. The minimum absolute atomic E-state index is 0.0977. The molecule has 11 heteroatoms. The van der Waals surface area contributed by atoms with E-state index in [1.54, 1.807) is 0 Å². The van der Waals surface area contributed by atoms with Gasteiger partial charge in [0, 0.05) is 29.4 Å². The average molecular weight is 769 g/mol. The maximum atomic E-state index is 13.9. The number of rotatable bonds is 11. The molecular weight excluding hydrogens is 721 g/mol. The van der Waals surface area contributed by atoms with Crippen LogP contribution in [0, 0.1) is 5.92 Å². The number of ether oxygens (including phenoxy) is 2. The lowest BCUT2D eigenvalue weighted by Crippen LogP contribution is -2.47. The van der Waals surface area contributed by atoms with Gasteiger partial charge in [0.2, 0.25) is 11.8 Å². The van der Waals surface area contributed by atoms with E-state index >= 15 is 0 Å². The standard InChI is InChI=1S/C46H48N4O7/c51-27-33(23-30-13-3-1-4-14-30)48-43(52)25-31-15-5-2-6-22-42(45(54)56-28-34(49-44(31)53)24-32-26-47-41-21-12-11-16-35(32)41)50-46(55)57-29-40-38-19-9-7-17-36(38)37-18-8-10-20-39(37)40/h1-5,7-14,16-21,26,31,33-34,40,42,47,51H,6,15,22-25,27-29H2,(H,48,52)(H,49,53)(H,50,55)/t31-,33+,34+,42+/m1/s1. The second-order valence-electron chi connectivity index (χ2n) is 14.7. The predicted octanol–water partition coefficient (Wildman–Crippen LogP) is 6.11. The Hall–Kier alpha value is -6.20. The minimum Gasteiger partial charge on any atom is -0.462 e. The van der Waals surface area contributed by atoms with Gasteiger partial charge in [0.25, 0.3) is 0 Å². The lowest BCUT2D eigenvalue weighted by Gasteiger charge is -2.24. The molecule has 1 aliphatic heterocycles. The second kappa shape index (κ2) is 18.6. The van der Waals surface area contributed by atoms with E-state index in [2.05, 4.69) is 33.1 Å². The van der Waals surface area contributed by atoms with Crippen molar-refractivity contribution in [3.05, 3.63) is 144 Å². The number of H-pyrrole nitrogens is 1. The van der Waals surface area contributed by atoms with Crippen LogP contribution < -0.4 is 16.0 Å². The summed E-state index contributed by atoms with van der Waals surface area (Å²) in [5.74, 6) is -2.21. The molecule has 294 valence electrons. The number of benzene rings is 4. The minimum atomic E-state index is -1.00. The first kappa shape index (κ1) is 39.1. The number of nitrogens with one attached hydrogen (secondary N) is 4. The van der Waals surface area contributed by atoms with Gasteiger partial charge in [-0.2, -0.15) is 0 Å². The molecule has 0 spiro atoms. The van der Waals surface area contributed by atoms with Crippen LogP contribution in [0.15, 0.2) is 121 Å². The lowest BCUT2D eigenvalue weighted by molar-refractivity contribution is -0.147. The summed E-state index contributed by atoms with van der Waals surface area (Å²) in [4.78, 5) is 57.4. The molecule has 57 heavy (non-hydrogen) atoms. The van der Waals surface area contributed by atoms with E-state index in [-0.39, 0.29) is 56.8 Å². The van der Waals surface area contributed by atoms with E-state index in [4.69, 9.17) is 9.47 Å². The number of esters is 1. The van der Waals surface area contributed by atoms with Crippen molar-refractivity contribution in [3.8, 4) is 11.1 Å². The number of aliphatic hydroxyl groups is 1. The number of aromatic nitrogens is 1. The normalized spacial score (nSPS) is 19.1. The zero-order valence-corrected chi connectivity index (χ0v) is 31.7. The SMILES string of the molecule is O=C(C[C@H]1CC=CCC[C@H](NC(=O)OCC2c3ccccc3-c3ccccc32)C(=O)OC[C@H](Cc2c[nH]c3ccccc23)NC1=O)N[C@H](CO)Cc1ccccc1. The maximum absolute atomic E-state index is 13.9. The van der Waals surface area contributed by atoms with Crippen LogP contribution in [0.1, 0.15) is 53.9 Å². The highest BCUT2D eigenvalue weighted by Gasteiger charge is 2.31. The van der Waals surface area contributed by atoms with E-state index < -0.39 is 36.1 Å². The number of alkyl carbamates (subject to hydrolysis) is 1. The smallest absolute Gasteiger partial charge is 0.407 e. The number of carbonyl (C=O) groups excluding carboxylic acids is 4. The third kappa shape index (κ3) is 9.79. The van der Waals surface area contributed by atoms with E-state index in [0.29, 0.717) is 19.3 Å². The Morgan fingerprint density at radius 2 is 1.58 bits per heavy atom. The van der Waals surface area contributed by atoms with Gasteiger partial charge in [-0.25, -0.2) is 9.59 Å². The fraction of sp³-hybridized carbons (Fsp3) is 0.304. The number of aromatic amines is 1. The third-order valence-corrected chi connectivity index (χ3v) is 10.8. The lowest BCUT2D eigenvalue weighted by atomic mass is 9.97. The van der Waals surface area contributed by atoms with Crippen LogP contribution in [0.2, 0.25) is 0 Å². The maximum Gasteiger partial charge on any atom is 0.407 e. The summed E-state index contributed by atoms with van der Waals surface area (Å²) in [6.45, 7) is -0.315. The van der Waals surface area contributed by atoms with Gasteiger partial charge in [-0.15, -0.1) is 0 Å². The van der Waals surface area contributed by atoms with Crippen molar-refractivity contribution >= 4 is 34.8 Å². The van der Waals surface area contributed by atoms with Gasteiger partial charge in [-0.3, -0.25) is 9.59 Å². The summed E-state index contributed by atoms with van der Waals surface area (Å²) in [5, 5.41) is 19.7. The van der Waals surface area contributed by atoms with Crippen molar-refractivity contribution < 1.29 is 33.8 Å². The van der Waals surface area contributed by atoms with E-state index in [1.165, 1.54) is 0 Å². The molecule has 7 rings (SSSR count). The highest BCUT2D eigenvalue weighted by molar-refractivity contribution is 5.87. The zero-order valence-electron chi connectivity index (χ0n) is 31.7. The number of carbonyl (C=O) groups is 4. The molecule has 0 bridgehead atoms. The quantitative estimate of drug-likeness (QED) is 0.0801. The summed E-state index contributed by atoms with van der Waals surface area (Å²) in [6, 6.07) is 31.4. The number of amides is 3. The molecule has 0 radical (unpaired) electrons. The molecule has 0 unspecified atom stereocenters. The van der Waals surface area contributed by atoms with Crippen LogP contribution in [0.4, 0.5) is 4.79 Å². The predicted molar refractivity (Wildman–Crippen MR) is 217 cm³/mol. The Labute approximate surface area is 331 Å². The number of para-hydroxylation sites is 1. The van der Waals surface area contributed by atoms with Crippen LogP contribution in [-0.2, 0) is 36.7 Å². The summed E-state index contributed by atoms with van der Waals surface area (Å²) in [5.41, 5.74) is 7.22. The topological polar surface area (TPSA) is 159 Å². The van der Waals surface area contributed by atoms with Crippen LogP contribution in [0.25, 0.3) is 22.0 Å². The molecule has 1 aliphatic carbocycles. The number of aliphatic hydroxyl groups excluding tert-OH is 1. The first-order valence-corrected chi connectivity index (χ1v) is 19.6. The van der Waals surface area contributed by atoms with Gasteiger partial charge in [-0.1, -0.05) is 109 Å². The van der Waals surface area contributed by atoms with Crippen molar-refractivity contribution in [3.63, 3.8) is 0 Å². The summed E-state index contributed by atoms with van der Waals surface area (Å²) >= 11 is 0. The molecule has 2 aliphatic rings. The molecule has 4 atom stereocenters. The summed E-state index contributed by atoms with van der Waals surface area (Å²) < 4.78 is 11.6. The Bertz CT molecular complexity index is 2170. The first-order chi connectivity index (χ1) is 27.9. The Kier molecular flexibility index (Phi) is 12.8. The number of hydrogen-bond acceptors (Lipinski definition) is 7. The zero-order chi connectivity index (χ0) is 39.6. The molecule has 4 aromatic carbocycles. The fourth-order valence-corrected chi connectivity index (χ4v) is 7.85. The van der Waals surface area contributed by atoms with Crippen molar-refractivity contribution in [2.75, 3.05) is 19.8 Å². The molecule has 2 heterocycles. The Balaban J connectivity index is 1.04. The molecule has 11 nitrogen and oxygen atoms in total. The van der Waals surface area contributed by atoms with Crippen molar-refractivity contribution in [1.82, 2.24) is 20.9 Å². The van der Waals surface area contributed by atoms with Gasteiger partial charge in [0.05, 0.1) is 24.6 Å². The van der Waals surface area contributed by atoms with E-state index in [0.717, 1.165) is 44.3 Å². The average Bonchev–Trinajstić information content (AvgIpc) is 3.79. The molecule has 0 saturated heterocycles. The van der Waals surface area contributed by atoms with Gasteiger partial charge >= 0.3 is 12.1 Å². The summed E-state index contributed by atoms with van der Waals surface area (Å²) in [7, 11) is 0. The highest BCUT2D eigenvalue weighted by Crippen LogP contribution is 2.44. The van der Waals surface area contributed by atoms with Gasteiger partial charge in [-0.05, 0) is 71.6 Å². The molecular formula is C46H48N4O7. The second-order valence-corrected chi connectivity index (χ2v) is 14.7. The molecule has 0 fully saturated rings. The number of allylic oxidation sites excluding steroid dienone is 2. The molecule has 1 aromatic heterocycles. The van der Waals surface area contributed by atoms with Crippen LogP contribution in [0.3, 0.4) is 0 Å². The Morgan fingerprint density at radius 3 is 2.33 bits per heavy atom. The van der Waals surface area contributed by atoms with Crippen LogP contribution in [0.5, 0.6) is 0 Å². The van der Waals surface area contributed by atoms with Gasteiger partial charge in [0.1, 0.15) is 19.3 Å². The van der Waals surface area contributed by atoms with Crippen LogP contribution >= 0.6 is 0 Å². The first-order valence-electron chi connectivity index (χ1n) is 19.6. The summed E-state index contributed by atoms with van der Waals surface area (Å²) in [6.07, 6.45) is 6.39. The van der Waals surface area contributed by atoms with E-state index in [9.17, 15) is 24.3 Å². The number of cyclic esters (lactones) is 1. The van der Waals surface area contributed by atoms with Gasteiger partial charge < -0.3 is 35.5 Å². The number of fused-ring (bicyclic) bond motifs is 4. The monoisotopic (exact) mass is 768 g/mol. The molecule has 5 aromatic rings.